The molecule has 0 fully saturated rings. The van der Waals surface area contributed by atoms with Gasteiger partial charge in [0, 0.05) is 0 Å². The normalized spacial score (nSPS) is 11.0. The zero-order valence-corrected chi connectivity index (χ0v) is 12.3. The molecule has 0 amide bonds. The van der Waals surface area contributed by atoms with Crippen LogP contribution < -0.4 is 0 Å². The van der Waals surface area contributed by atoms with Gasteiger partial charge in [0.1, 0.15) is 0 Å². The van der Waals surface area contributed by atoms with Crippen LogP contribution in [0.2, 0.25) is 3.43 Å². The third-order valence-corrected chi connectivity index (χ3v) is 3.59. The first-order valence-corrected chi connectivity index (χ1v) is 6.30. The van der Waals surface area contributed by atoms with Crippen molar-refractivity contribution in [3.05, 3.63) is 0 Å². The molecule has 3 radical (unpaired) electrons. The Bertz CT molecular complexity index is 81.8. The van der Waals surface area contributed by atoms with E-state index in [2.05, 4.69) is 20.8 Å². The molecule has 0 rings (SSSR count). The molecular weight excluding hydrogens is 274 g/mol. The molecule has 12 heavy (non-hydrogen) atoms. The maximum Gasteiger partial charge on any atom is -0.147 e. The quantitative estimate of drug-likeness (QED) is 0.646. The van der Waals surface area contributed by atoms with E-state index >= 15 is 0 Å². The van der Waals surface area contributed by atoms with E-state index in [9.17, 15) is 0 Å². The van der Waals surface area contributed by atoms with Crippen molar-refractivity contribution < 1.29 is 0 Å². The minimum absolute atomic E-state index is 0. The molecule has 0 nitrogen and oxygen atoms in total. The molecule has 0 heterocycles. The average Bonchev–Trinajstić information content (AvgIpc) is 1.97. The molecule has 0 aliphatic rings. The van der Waals surface area contributed by atoms with E-state index < -0.39 is 0 Å². The fraction of sp³-hybridized carbons (Fsp3) is 1.00. The Hall–Kier alpha value is 1.09. The summed E-state index contributed by atoms with van der Waals surface area (Å²) in [6, 6.07) is 0. The van der Waals surface area contributed by atoms with Gasteiger partial charge >= 0.3 is 85.3 Å². The Morgan fingerprint density at radius 1 is 1.00 bits per heavy atom. The summed E-state index contributed by atoms with van der Waals surface area (Å²) in [5, 5.41) is 0. The summed E-state index contributed by atoms with van der Waals surface area (Å²) in [5.41, 5.74) is 0. The molecule has 0 aromatic carbocycles. The van der Waals surface area contributed by atoms with Gasteiger partial charge in [-0.25, -0.2) is 0 Å². The third kappa shape index (κ3) is 9.18. The van der Waals surface area contributed by atoms with Crippen molar-refractivity contribution in [1.29, 1.82) is 0 Å². The zero-order valence-electron chi connectivity index (χ0n) is 8.65. The van der Waals surface area contributed by atoms with E-state index in [1.807, 2.05) is 0 Å². The van der Waals surface area contributed by atoms with Crippen molar-refractivity contribution in [2.45, 2.75) is 62.7 Å². The van der Waals surface area contributed by atoms with Crippen molar-refractivity contribution in [2.24, 2.45) is 0 Å². The minimum Gasteiger partial charge on any atom is -0.147 e. The van der Waals surface area contributed by atoms with Crippen LogP contribution in [0, 0.1) is 0 Å². The molecule has 2 heteroatoms. The standard InChI is InChI=1S/C10H21.ClH.Sn/c1-4-6-8-10(3)9-7-5-2;;/h4-9H2,1-3H3;1H;. The predicted octanol–water partition coefficient (Wildman–Crippen LogP) is 4.14. The SMILES string of the molecule is CCCC[C](C)([Sn])CCCC.Cl. The fourth-order valence-electron chi connectivity index (χ4n) is 1.26. The molecule has 0 N–H and O–H groups in total. The molecule has 0 atom stereocenters. The average molecular weight is 296 g/mol. The second kappa shape index (κ2) is 8.68. The summed E-state index contributed by atoms with van der Waals surface area (Å²) in [4.78, 5) is 0. The first-order chi connectivity index (χ1) is 5.12. The van der Waals surface area contributed by atoms with Crippen molar-refractivity contribution in [2.75, 3.05) is 0 Å². The van der Waals surface area contributed by atoms with Gasteiger partial charge in [-0.3, -0.25) is 0 Å². The minimum atomic E-state index is 0. The van der Waals surface area contributed by atoms with Crippen LogP contribution in [0.5, 0.6) is 0 Å². The Morgan fingerprint density at radius 3 is 1.58 bits per heavy atom. The molecular formula is C10H22ClSn. The van der Waals surface area contributed by atoms with Crippen molar-refractivity contribution in [3.8, 4) is 0 Å². The molecule has 0 aliphatic heterocycles. The number of halogens is 1. The molecule has 0 saturated carbocycles. The van der Waals surface area contributed by atoms with E-state index in [1.54, 1.807) is 22.5 Å². The summed E-state index contributed by atoms with van der Waals surface area (Å²) in [7, 11) is 0. The van der Waals surface area contributed by atoms with Gasteiger partial charge in [-0.2, -0.15) is 0 Å². The largest absolute Gasteiger partial charge is 0.147 e. The van der Waals surface area contributed by atoms with Gasteiger partial charge in [0.05, 0.1) is 0 Å². The van der Waals surface area contributed by atoms with Crippen LogP contribution in [0.15, 0.2) is 0 Å². The van der Waals surface area contributed by atoms with Gasteiger partial charge in [-0.1, -0.05) is 0 Å². The second-order valence-corrected chi connectivity index (χ2v) is 7.21. The first kappa shape index (κ1) is 15.6. The predicted molar refractivity (Wildman–Crippen MR) is 60.4 cm³/mol. The molecule has 0 saturated heterocycles. The summed E-state index contributed by atoms with van der Waals surface area (Å²) < 4.78 is 0.693. The van der Waals surface area contributed by atoms with Crippen LogP contribution in [0.1, 0.15) is 59.3 Å². The van der Waals surface area contributed by atoms with Gasteiger partial charge < -0.3 is 0 Å². The first-order valence-electron chi connectivity index (χ1n) is 4.87. The second-order valence-electron chi connectivity index (χ2n) is 3.77. The van der Waals surface area contributed by atoms with E-state index in [4.69, 9.17) is 0 Å². The van der Waals surface area contributed by atoms with Crippen LogP contribution in [0.25, 0.3) is 0 Å². The molecule has 0 unspecified atom stereocenters. The van der Waals surface area contributed by atoms with Crippen LogP contribution in [-0.4, -0.2) is 22.5 Å². The van der Waals surface area contributed by atoms with Crippen LogP contribution >= 0.6 is 12.4 Å². The van der Waals surface area contributed by atoms with Crippen LogP contribution in [0.4, 0.5) is 0 Å². The van der Waals surface area contributed by atoms with E-state index in [-0.39, 0.29) is 12.4 Å². The topological polar surface area (TPSA) is 0 Å². The van der Waals surface area contributed by atoms with Crippen LogP contribution in [0.3, 0.4) is 0 Å². The van der Waals surface area contributed by atoms with Crippen LogP contribution in [-0.2, 0) is 0 Å². The van der Waals surface area contributed by atoms with E-state index in [0.717, 1.165) is 0 Å². The summed E-state index contributed by atoms with van der Waals surface area (Å²) in [6.45, 7) is 7.01. The fourth-order valence-corrected chi connectivity index (χ4v) is 2.27. The maximum atomic E-state index is 2.44. The Morgan fingerprint density at radius 2 is 1.33 bits per heavy atom. The molecule has 73 valence electrons. The number of unbranched alkanes of at least 4 members (excludes halogenated alkanes) is 2. The zero-order chi connectivity index (χ0) is 8.74. The third-order valence-electron chi connectivity index (χ3n) is 2.16. The monoisotopic (exact) mass is 297 g/mol. The van der Waals surface area contributed by atoms with Gasteiger partial charge in [0.25, 0.3) is 0 Å². The van der Waals surface area contributed by atoms with Gasteiger partial charge in [-0.05, 0) is 0 Å². The molecule has 0 spiro atoms. The van der Waals surface area contributed by atoms with Crippen molar-refractivity contribution >= 4 is 34.9 Å². The molecule has 0 bridgehead atoms. The molecule has 0 aromatic rings. The van der Waals surface area contributed by atoms with Gasteiger partial charge in [0.15, 0.2) is 0 Å². The number of hydrogen-bond donors (Lipinski definition) is 0. The molecule has 0 aliphatic carbocycles. The van der Waals surface area contributed by atoms with Gasteiger partial charge in [0.2, 0.25) is 0 Å². The summed E-state index contributed by atoms with van der Waals surface area (Å²) in [6.07, 6.45) is 8.45. The summed E-state index contributed by atoms with van der Waals surface area (Å²) >= 11 is 1.74. The van der Waals surface area contributed by atoms with Crippen molar-refractivity contribution in [1.82, 2.24) is 0 Å². The van der Waals surface area contributed by atoms with Gasteiger partial charge in [-0.15, -0.1) is 12.4 Å². The summed E-state index contributed by atoms with van der Waals surface area (Å²) in [5.74, 6) is 0. The Labute approximate surface area is 97.4 Å². The van der Waals surface area contributed by atoms with Crippen molar-refractivity contribution in [3.63, 3.8) is 0 Å². The number of rotatable bonds is 6. The molecule has 0 aromatic heterocycles. The Kier molecular flexibility index (Phi) is 11.2. The maximum absolute atomic E-state index is 2.44. The smallest absolute Gasteiger partial charge is 0.147 e. The Balaban J connectivity index is 0. The number of hydrogen-bond acceptors (Lipinski definition) is 0. The van der Waals surface area contributed by atoms with E-state index in [1.165, 1.54) is 38.5 Å². The van der Waals surface area contributed by atoms with E-state index in [0.29, 0.717) is 3.43 Å².